The molecule has 5 nitrogen and oxygen atoms in total. The number of furan rings is 1. The fraction of sp³-hybridized carbons (Fsp3) is 0.143. The number of halogens is 1. The van der Waals surface area contributed by atoms with E-state index in [1.54, 1.807) is 31.2 Å². The number of fused-ring (bicyclic) bond motifs is 2. The molecule has 0 saturated heterocycles. The number of carbonyl (C=O) groups excluding carboxylic acids is 2. The quantitative estimate of drug-likeness (QED) is 0.303. The lowest BCUT2D eigenvalue weighted by Crippen LogP contribution is -2.08. The van der Waals surface area contributed by atoms with Gasteiger partial charge in [0.1, 0.15) is 17.1 Å². The summed E-state index contributed by atoms with van der Waals surface area (Å²) in [7, 11) is 0. The summed E-state index contributed by atoms with van der Waals surface area (Å²) in [5.41, 5.74) is 2.45. The standard InChI is InChI=1S/C21H15BrO5/c1-10(2)19-18(23)14-5-7-15(11(3)20(14)27-19)26-21(24)17-9-12-8-13(22)4-6-16(12)25-17/h4-9H,1-3H3. The highest BCUT2D eigenvalue weighted by Crippen LogP contribution is 2.39. The first kappa shape index (κ1) is 17.5. The zero-order chi connectivity index (χ0) is 19.3. The Morgan fingerprint density at radius 1 is 1.11 bits per heavy atom. The number of ether oxygens (including phenoxy) is 2. The van der Waals surface area contributed by atoms with Gasteiger partial charge < -0.3 is 13.9 Å². The van der Waals surface area contributed by atoms with Gasteiger partial charge in [0.05, 0.1) is 5.56 Å². The van der Waals surface area contributed by atoms with E-state index in [0.29, 0.717) is 34.0 Å². The lowest BCUT2D eigenvalue weighted by Gasteiger charge is -2.09. The summed E-state index contributed by atoms with van der Waals surface area (Å²) >= 11 is 3.39. The van der Waals surface area contributed by atoms with Gasteiger partial charge in [-0.2, -0.15) is 0 Å². The summed E-state index contributed by atoms with van der Waals surface area (Å²) in [5.74, 6) is 0.397. The molecule has 0 radical (unpaired) electrons. The van der Waals surface area contributed by atoms with E-state index in [2.05, 4.69) is 15.9 Å². The van der Waals surface area contributed by atoms with Gasteiger partial charge in [0.15, 0.2) is 5.76 Å². The maximum Gasteiger partial charge on any atom is 0.379 e. The van der Waals surface area contributed by atoms with Gasteiger partial charge in [-0.3, -0.25) is 4.79 Å². The molecule has 0 N–H and O–H groups in total. The van der Waals surface area contributed by atoms with Crippen molar-refractivity contribution in [3.8, 4) is 11.5 Å². The lowest BCUT2D eigenvalue weighted by atomic mass is 10.1. The molecule has 3 aromatic rings. The van der Waals surface area contributed by atoms with E-state index in [1.807, 2.05) is 26.0 Å². The monoisotopic (exact) mass is 426 g/mol. The van der Waals surface area contributed by atoms with Gasteiger partial charge in [-0.05, 0) is 62.7 Å². The first-order chi connectivity index (χ1) is 12.8. The second kappa shape index (κ2) is 6.39. The number of hydrogen-bond acceptors (Lipinski definition) is 5. The topological polar surface area (TPSA) is 65.7 Å². The van der Waals surface area contributed by atoms with E-state index in [9.17, 15) is 9.59 Å². The van der Waals surface area contributed by atoms with Gasteiger partial charge >= 0.3 is 5.97 Å². The molecule has 4 rings (SSSR count). The predicted octanol–water partition coefficient (Wildman–Crippen LogP) is 5.59. The van der Waals surface area contributed by atoms with Crippen LogP contribution in [-0.4, -0.2) is 11.8 Å². The van der Waals surface area contributed by atoms with Gasteiger partial charge in [-0.1, -0.05) is 15.9 Å². The summed E-state index contributed by atoms with van der Waals surface area (Å²) in [6, 6.07) is 10.3. The molecule has 0 atom stereocenters. The van der Waals surface area contributed by atoms with Crippen LogP contribution in [0.2, 0.25) is 0 Å². The Bertz CT molecular complexity index is 1150. The third-order valence-electron chi connectivity index (χ3n) is 4.35. The van der Waals surface area contributed by atoms with E-state index in [0.717, 1.165) is 15.4 Å². The number of allylic oxidation sites excluding steroid dienone is 2. The SMILES string of the molecule is CC(C)=C1Oc2c(ccc(OC(=O)c3cc4cc(Br)ccc4o3)c2C)C1=O. The first-order valence-corrected chi connectivity index (χ1v) is 9.09. The fourth-order valence-corrected chi connectivity index (χ4v) is 3.34. The van der Waals surface area contributed by atoms with Gasteiger partial charge in [-0.15, -0.1) is 0 Å². The summed E-state index contributed by atoms with van der Waals surface area (Å²) in [4.78, 5) is 24.9. The van der Waals surface area contributed by atoms with E-state index >= 15 is 0 Å². The molecule has 1 aliphatic rings. The Labute approximate surface area is 163 Å². The van der Waals surface area contributed by atoms with Crippen LogP contribution in [0.3, 0.4) is 0 Å². The van der Waals surface area contributed by atoms with E-state index in [-0.39, 0.29) is 11.5 Å². The second-order valence-electron chi connectivity index (χ2n) is 6.51. The van der Waals surface area contributed by atoms with E-state index in [4.69, 9.17) is 13.9 Å². The van der Waals surface area contributed by atoms with Crippen molar-refractivity contribution >= 4 is 38.7 Å². The molecule has 2 aromatic carbocycles. The molecule has 1 aromatic heterocycles. The highest BCUT2D eigenvalue weighted by atomic mass is 79.9. The number of carbonyl (C=O) groups is 2. The molecule has 0 saturated carbocycles. The third-order valence-corrected chi connectivity index (χ3v) is 4.84. The molecule has 0 fully saturated rings. The molecule has 0 unspecified atom stereocenters. The Morgan fingerprint density at radius 3 is 2.63 bits per heavy atom. The summed E-state index contributed by atoms with van der Waals surface area (Å²) < 4.78 is 17.7. The number of ketones is 1. The van der Waals surface area contributed by atoms with Crippen molar-refractivity contribution in [2.45, 2.75) is 20.8 Å². The highest BCUT2D eigenvalue weighted by Gasteiger charge is 2.31. The van der Waals surface area contributed by atoms with Crippen LogP contribution >= 0.6 is 15.9 Å². The maximum absolute atomic E-state index is 12.5. The molecule has 0 aliphatic carbocycles. The Kier molecular flexibility index (Phi) is 4.15. The molecule has 2 heterocycles. The van der Waals surface area contributed by atoms with Crippen LogP contribution in [0, 0.1) is 6.92 Å². The number of benzene rings is 2. The highest BCUT2D eigenvalue weighted by molar-refractivity contribution is 9.10. The minimum atomic E-state index is -0.614. The minimum absolute atomic E-state index is 0.102. The summed E-state index contributed by atoms with van der Waals surface area (Å²) in [6.07, 6.45) is 0. The third kappa shape index (κ3) is 2.96. The predicted molar refractivity (Wildman–Crippen MR) is 103 cm³/mol. The molecule has 0 amide bonds. The van der Waals surface area contributed by atoms with E-state index in [1.165, 1.54) is 0 Å². The van der Waals surface area contributed by atoms with Crippen molar-refractivity contribution in [2.24, 2.45) is 0 Å². The van der Waals surface area contributed by atoms with Gasteiger partial charge in [0.25, 0.3) is 0 Å². The zero-order valence-electron chi connectivity index (χ0n) is 14.9. The molecular formula is C21H15BrO5. The van der Waals surface area contributed by atoms with Gasteiger partial charge in [0, 0.05) is 15.4 Å². The van der Waals surface area contributed by atoms with Gasteiger partial charge in [0.2, 0.25) is 11.5 Å². The number of Topliss-reactive ketones (excluding diaryl/α,β-unsaturated/α-hetero) is 1. The van der Waals surface area contributed by atoms with Crippen LogP contribution in [0.15, 0.2) is 56.6 Å². The molecule has 0 spiro atoms. The van der Waals surface area contributed by atoms with Crippen LogP contribution in [0.25, 0.3) is 11.0 Å². The molecule has 1 aliphatic heterocycles. The Morgan fingerprint density at radius 2 is 1.89 bits per heavy atom. The normalized spacial score (nSPS) is 12.9. The Balaban J connectivity index is 1.65. The van der Waals surface area contributed by atoms with Crippen molar-refractivity contribution in [2.75, 3.05) is 0 Å². The largest absolute Gasteiger partial charge is 0.452 e. The molecule has 136 valence electrons. The maximum atomic E-state index is 12.5. The van der Waals surface area contributed by atoms with Crippen LogP contribution in [0.4, 0.5) is 0 Å². The first-order valence-electron chi connectivity index (χ1n) is 8.30. The number of hydrogen-bond donors (Lipinski definition) is 0. The average molecular weight is 427 g/mol. The van der Waals surface area contributed by atoms with Crippen LogP contribution in [-0.2, 0) is 0 Å². The smallest absolute Gasteiger partial charge is 0.379 e. The van der Waals surface area contributed by atoms with Crippen molar-refractivity contribution in [1.82, 2.24) is 0 Å². The molecule has 27 heavy (non-hydrogen) atoms. The molecule has 6 heteroatoms. The van der Waals surface area contributed by atoms with Crippen LogP contribution in [0.1, 0.15) is 40.3 Å². The van der Waals surface area contributed by atoms with Gasteiger partial charge in [-0.25, -0.2) is 4.79 Å². The summed E-state index contributed by atoms with van der Waals surface area (Å²) in [5, 5.41) is 0.795. The average Bonchev–Trinajstić information content (AvgIpc) is 3.19. The van der Waals surface area contributed by atoms with Crippen LogP contribution < -0.4 is 9.47 Å². The second-order valence-corrected chi connectivity index (χ2v) is 7.42. The minimum Gasteiger partial charge on any atom is -0.452 e. The zero-order valence-corrected chi connectivity index (χ0v) is 16.5. The Hall–Kier alpha value is -2.86. The summed E-state index contributed by atoms with van der Waals surface area (Å²) in [6.45, 7) is 5.38. The van der Waals surface area contributed by atoms with Crippen LogP contribution in [0.5, 0.6) is 11.5 Å². The van der Waals surface area contributed by atoms with Crippen molar-refractivity contribution in [3.63, 3.8) is 0 Å². The van der Waals surface area contributed by atoms with Crippen molar-refractivity contribution in [1.29, 1.82) is 0 Å². The lowest BCUT2D eigenvalue weighted by molar-refractivity contribution is 0.0702. The number of rotatable bonds is 2. The van der Waals surface area contributed by atoms with E-state index < -0.39 is 5.97 Å². The molecule has 0 bridgehead atoms. The molecular weight excluding hydrogens is 412 g/mol. The fourth-order valence-electron chi connectivity index (χ4n) is 2.96. The van der Waals surface area contributed by atoms with Crippen molar-refractivity contribution in [3.05, 3.63) is 69.1 Å². The number of esters is 1. The van der Waals surface area contributed by atoms with Crippen molar-refractivity contribution < 1.29 is 23.5 Å².